The van der Waals surface area contributed by atoms with Crippen LogP contribution >= 0.6 is 12.2 Å². The minimum Gasteiger partial charge on any atom is -0.322 e. The van der Waals surface area contributed by atoms with Gasteiger partial charge in [0, 0.05) is 18.5 Å². The lowest BCUT2D eigenvalue weighted by atomic mass is 10.2. The molecule has 0 atom stereocenters. The number of hydrogen-bond donors (Lipinski definition) is 0. The number of para-hydroxylation sites is 1. The van der Waals surface area contributed by atoms with Gasteiger partial charge in [-0.2, -0.15) is 0 Å². The summed E-state index contributed by atoms with van der Waals surface area (Å²) in [4.78, 5) is 6.84. The van der Waals surface area contributed by atoms with Crippen LogP contribution in [0.5, 0.6) is 0 Å². The molecule has 18 heavy (non-hydrogen) atoms. The third kappa shape index (κ3) is 2.76. The third-order valence-corrected chi connectivity index (χ3v) is 3.74. The van der Waals surface area contributed by atoms with E-state index >= 15 is 0 Å². The molecule has 1 aromatic carbocycles. The van der Waals surface area contributed by atoms with E-state index in [-0.39, 0.29) is 0 Å². The maximum absolute atomic E-state index is 5.52. The Bertz CT molecular complexity index is 573. The van der Waals surface area contributed by atoms with E-state index in [1.54, 1.807) is 0 Å². The summed E-state index contributed by atoms with van der Waals surface area (Å²) < 4.78 is 2.95. The molecule has 0 aliphatic rings. The summed E-state index contributed by atoms with van der Waals surface area (Å²) in [5.74, 6) is 0. The molecule has 1 heterocycles. The predicted molar refractivity (Wildman–Crippen MR) is 78.4 cm³/mol. The van der Waals surface area contributed by atoms with Crippen molar-refractivity contribution in [2.45, 2.75) is 20.4 Å². The minimum atomic E-state index is 0.882. The molecule has 0 amide bonds. The smallest absolute Gasteiger partial charge is 0.116 e. The second-order valence-electron chi connectivity index (χ2n) is 4.29. The Hall–Kier alpha value is -1.26. The predicted octanol–water partition coefficient (Wildman–Crippen LogP) is 3.11. The molecule has 0 unspecified atom stereocenters. The van der Waals surface area contributed by atoms with E-state index in [2.05, 4.69) is 28.3 Å². The second kappa shape index (κ2) is 6.07. The molecule has 0 radical (unpaired) electrons. The Labute approximate surface area is 113 Å². The first kappa shape index (κ1) is 13.2. The molecule has 2 aromatic rings. The van der Waals surface area contributed by atoms with Crippen LogP contribution in [-0.2, 0) is 6.54 Å². The van der Waals surface area contributed by atoms with Crippen LogP contribution in [0, 0.1) is 4.64 Å². The zero-order chi connectivity index (χ0) is 13.0. The molecule has 3 nitrogen and oxygen atoms in total. The molecule has 0 saturated heterocycles. The average Bonchev–Trinajstić information content (AvgIpc) is 2.42. The highest BCUT2D eigenvalue weighted by molar-refractivity contribution is 7.71. The van der Waals surface area contributed by atoms with Crippen molar-refractivity contribution in [3.8, 4) is 0 Å². The van der Waals surface area contributed by atoms with Crippen molar-refractivity contribution in [2.75, 3.05) is 19.6 Å². The first-order valence-electron chi connectivity index (χ1n) is 6.42. The Kier molecular flexibility index (Phi) is 4.44. The topological polar surface area (TPSA) is 21.1 Å². The number of benzene rings is 1. The number of likely N-dealkylation sites (N-methyl/N-ethyl adjacent to an activating group) is 1. The lowest BCUT2D eigenvalue weighted by molar-refractivity contribution is 0.289. The van der Waals surface area contributed by atoms with Crippen LogP contribution in [0.4, 0.5) is 0 Å². The number of aromatic nitrogens is 2. The van der Waals surface area contributed by atoms with Crippen molar-refractivity contribution in [1.29, 1.82) is 0 Å². The van der Waals surface area contributed by atoms with Crippen LogP contribution in [0.25, 0.3) is 10.9 Å². The molecule has 0 spiro atoms. The van der Waals surface area contributed by atoms with Gasteiger partial charge in [-0.25, -0.2) is 4.98 Å². The Morgan fingerprint density at radius 1 is 1.22 bits per heavy atom. The standard InChI is InChI=1S/C14H19N3S/c1-3-16(4-2)9-10-17-11-15-13-8-6-5-7-12(13)14(17)18/h5-8,11H,3-4,9-10H2,1-2H3. The van der Waals surface area contributed by atoms with Crippen molar-refractivity contribution in [3.63, 3.8) is 0 Å². The van der Waals surface area contributed by atoms with Crippen LogP contribution in [0.1, 0.15) is 13.8 Å². The number of hydrogen-bond acceptors (Lipinski definition) is 3. The highest BCUT2D eigenvalue weighted by atomic mass is 32.1. The molecule has 96 valence electrons. The molecular weight excluding hydrogens is 242 g/mol. The Balaban J connectivity index is 2.24. The summed E-state index contributed by atoms with van der Waals surface area (Å²) in [5, 5.41) is 1.06. The molecule has 0 N–H and O–H groups in total. The van der Waals surface area contributed by atoms with E-state index in [0.717, 1.165) is 41.7 Å². The molecule has 0 saturated carbocycles. The molecular formula is C14H19N3S. The van der Waals surface area contributed by atoms with Crippen LogP contribution in [0.15, 0.2) is 30.6 Å². The van der Waals surface area contributed by atoms with Gasteiger partial charge in [-0.15, -0.1) is 0 Å². The fourth-order valence-corrected chi connectivity index (χ4v) is 2.37. The van der Waals surface area contributed by atoms with Crippen LogP contribution in [0.3, 0.4) is 0 Å². The van der Waals surface area contributed by atoms with Crippen LogP contribution in [0.2, 0.25) is 0 Å². The summed E-state index contributed by atoms with van der Waals surface area (Å²) in [6.07, 6.45) is 1.86. The van der Waals surface area contributed by atoms with E-state index in [1.807, 2.05) is 30.6 Å². The molecule has 1 aromatic heterocycles. The fraction of sp³-hybridized carbons (Fsp3) is 0.429. The number of fused-ring (bicyclic) bond motifs is 1. The van der Waals surface area contributed by atoms with Gasteiger partial charge >= 0.3 is 0 Å². The lowest BCUT2D eigenvalue weighted by Gasteiger charge is -2.18. The van der Waals surface area contributed by atoms with E-state index < -0.39 is 0 Å². The molecule has 0 aliphatic carbocycles. The largest absolute Gasteiger partial charge is 0.322 e. The van der Waals surface area contributed by atoms with Gasteiger partial charge in [-0.3, -0.25) is 0 Å². The highest BCUT2D eigenvalue weighted by Gasteiger charge is 2.02. The van der Waals surface area contributed by atoms with Crippen LogP contribution < -0.4 is 0 Å². The van der Waals surface area contributed by atoms with E-state index in [9.17, 15) is 0 Å². The summed E-state index contributed by atoms with van der Waals surface area (Å²) in [6.45, 7) is 8.43. The summed E-state index contributed by atoms with van der Waals surface area (Å²) in [6, 6.07) is 8.04. The van der Waals surface area contributed by atoms with Crippen molar-refractivity contribution in [2.24, 2.45) is 0 Å². The normalized spacial score (nSPS) is 11.3. The zero-order valence-corrected chi connectivity index (χ0v) is 11.8. The maximum atomic E-state index is 5.52. The molecule has 2 rings (SSSR count). The third-order valence-electron chi connectivity index (χ3n) is 3.28. The first-order chi connectivity index (χ1) is 8.76. The monoisotopic (exact) mass is 261 g/mol. The van der Waals surface area contributed by atoms with Gasteiger partial charge in [0.1, 0.15) is 4.64 Å². The van der Waals surface area contributed by atoms with Gasteiger partial charge in [-0.1, -0.05) is 38.2 Å². The molecule has 4 heteroatoms. The molecule has 0 aliphatic heterocycles. The van der Waals surface area contributed by atoms with Gasteiger partial charge in [-0.05, 0) is 25.2 Å². The number of nitrogens with zero attached hydrogens (tertiary/aromatic N) is 3. The van der Waals surface area contributed by atoms with Crippen molar-refractivity contribution >= 4 is 23.1 Å². The van der Waals surface area contributed by atoms with Gasteiger partial charge in [0.25, 0.3) is 0 Å². The quantitative estimate of drug-likeness (QED) is 0.772. The van der Waals surface area contributed by atoms with Gasteiger partial charge in [0.2, 0.25) is 0 Å². The summed E-state index contributed by atoms with van der Waals surface area (Å²) in [7, 11) is 0. The molecule has 0 bridgehead atoms. The molecule has 0 fully saturated rings. The summed E-state index contributed by atoms with van der Waals surface area (Å²) >= 11 is 5.52. The minimum absolute atomic E-state index is 0.882. The summed E-state index contributed by atoms with van der Waals surface area (Å²) in [5.41, 5.74) is 0.974. The Morgan fingerprint density at radius 3 is 2.67 bits per heavy atom. The Morgan fingerprint density at radius 2 is 1.94 bits per heavy atom. The van der Waals surface area contributed by atoms with Crippen molar-refractivity contribution in [3.05, 3.63) is 35.2 Å². The average molecular weight is 261 g/mol. The van der Waals surface area contributed by atoms with Gasteiger partial charge in [0.15, 0.2) is 0 Å². The van der Waals surface area contributed by atoms with Crippen molar-refractivity contribution in [1.82, 2.24) is 14.5 Å². The first-order valence-corrected chi connectivity index (χ1v) is 6.83. The van der Waals surface area contributed by atoms with E-state index in [1.165, 1.54) is 0 Å². The highest BCUT2D eigenvalue weighted by Crippen LogP contribution is 2.12. The zero-order valence-electron chi connectivity index (χ0n) is 11.0. The van der Waals surface area contributed by atoms with Gasteiger partial charge < -0.3 is 9.47 Å². The van der Waals surface area contributed by atoms with E-state index in [0.29, 0.717) is 0 Å². The second-order valence-corrected chi connectivity index (χ2v) is 4.67. The SMILES string of the molecule is CCN(CC)CCn1cnc2ccccc2c1=S. The van der Waals surface area contributed by atoms with Crippen molar-refractivity contribution < 1.29 is 0 Å². The number of rotatable bonds is 5. The maximum Gasteiger partial charge on any atom is 0.116 e. The van der Waals surface area contributed by atoms with Gasteiger partial charge in [0.05, 0.1) is 11.8 Å². The fourth-order valence-electron chi connectivity index (χ4n) is 2.05. The lowest BCUT2D eigenvalue weighted by Crippen LogP contribution is -2.27. The van der Waals surface area contributed by atoms with Crippen LogP contribution in [-0.4, -0.2) is 34.1 Å². The van der Waals surface area contributed by atoms with E-state index in [4.69, 9.17) is 12.2 Å².